The molecule has 1 heterocycles. The average Bonchev–Trinajstić information content (AvgIpc) is 3.78. The Hall–Kier alpha value is -4.46. The lowest BCUT2D eigenvalue weighted by Gasteiger charge is -2.71. The summed E-state index contributed by atoms with van der Waals surface area (Å²) >= 11 is 0. The molecule has 0 radical (unpaired) electrons. The van der Waals surface area contributed by atoms with E-state index < -0.39 is 27.9 Å². The smallest absolute Gasteiger partial charge is 0.322 e. The summed E-state index contributed by atoms with van der Waals surface area (Å²) in [5.41, 5.74) is -0.474. The van der Waals surface area contributed by atoms with Gasteiger partial charge in [-0.2, -0.15) is 0 Å². The highest BCUT2D eigenvalue weighted by Crippen LogP contribution is 2.78. The van der Waals surface area contributed by atoms with Crippen molar-refractivity contribution in [1.82, 2.24) is 4.90 Å². The Morgan fingerprint density at radius 1 is 0.846 bits per heavy atom. The lowest BCUT2D eigenvalue weighted by atomic mass is 9.32. The molecule has 0 aliphatic heterocycles. The van der Waals surface area contributed by atoms with E-state index in [9.17, 15) is 19.8 Å². The summed E-state index contributed by atoms with van der Waals surface area (Å²) in [6.45, 7) is 5.09. The van der Waals surface area contributed by atoms with Gasteiger partial charge in [0.2, 0.25) is 5.78 Å². The van der Waals surface area contributed by atoms with Gasteiger partial charge in [-0.25, -0.2) is 4.79 Å². The summed E-state index contributed by atoms with van der Waals surface area (Å²) in [6.07, 6.45) is 13.1. The number of allylic oxidation sites excluding steroid dienone is 4. The van der Waals surface area contributed by atoms with Gasteiger partial charge >= 0.3 is 6.03 Å². The zero-order valence-corrected chi connectivity index (χ0v) is 30.1. The van der Waals surface area contributed by atoms with Crippen molar-refractivity contribution in [2.45, 2.75) is 77.0 Å². The van der Waals surface area contributed by atoms with Crippen molar-refractivity contribution >= 4 is 28.3 Å². The van der Waals surface area contributed by atoms with Gasteiger partial charge in [-0.05, 0) is 103 Å². The van der Waals surface area contributed by atoms with Crippen molar-refractivity contribution in [1.29, 1.82) is 0 Å². The Morgan fingerprint density at radius 2 is 1.58 bits per heavy atom. The quantitative estimate of drug-likeness (QED) is 0.132. The number of rotatable bonds is 7. The summed E-state index contributed by atoms with van der Waals surface area (Å²) in [6, 6.07) is 27.1. The summed E-state index contributed by atoms with van der Waals surface area (Å²) in [5, 5.41) is 29.5. The fraction of sp³-hybridized carbons (Fsp3) is 0.422. The number of hydrogen-bond donors (Lipinski definition) is 3. The fourth-order valence-electron chi connectivity index (χ4n) is 12.0. The Balaban J connectivity index is 1.12. The number of hydrogen-bond acceptors (Lipinski definition) is 5. The van der Waals surface area contributed by atoms with Crippen LogP contribution in [0.15, 0.2) is 119 Å². The summed E-state index contributed by atoms with van der Waals surface area (Å²) < 4.78 is 5.74. The lowest BCUT2D eigenvalue weighted by Crippen LogP contribution is -2.67. The van der Waals surface area contributed by atoms with E-state index in [0.29, 0.717) is 30.8 Å². The predicted octanol–water partition coefficient (Wildman–Crippen LogP) is 8.94. The molecule has 268 valence electrons. The Labute approximate surface area is 305 Å². The number of Topliss-reactive ketones (excluding diaryl/α,β-unsaturated/α-hetero) is 1. The monoisotopic (exact) mass is 696 g/mol. The highest BCUT2D eigenvalue weighted by molar-refractivity contribution is 6.08. The number of fused-ring (bicyclic) bond motifs is 2. The first-order valence-electron chi connectivity index (χ1n) is 19.0. The molecule has 1 unspecified atom stereocenters. The van der Waals surface area contributed by atoms with Crippen molar-refractivity contribution in [3.63, 3.8) is 0 Å². The first kappa shape index (κ1) is 33.4. The third-order valence-electron chi connectivity index (χ3n) is 14.7. The Kier molecular flexibility index (Phi) is 7.56. The van der Waals surface area contributed by atoms with E-state index in [1.165, 1.54) is 0 Å². The largest absolute Gasteiger partial charge is 0.461 e. The van der Waals surface area contributed by atoms with E-state index in [1.54, 1.807) is 23.3 Å². The van der Waals surface area contributed by atoms with Gasteiger partial charge in [0.25, 0.3) is 0 Å². The van der Waals surface area contributed by atoms with Crippen LogP contribution in [0.25, 0.3) is 10.8 Å². The molecule has 3 N–H and O–H groups in total. The molecule has 6 aliphatic rings. The summed E-state index contributed by atoms with van der Waals surface area (Å²) in [5.74, 6) is 0.364. The molecule has 2 amide bonds. The minimum absolute atomic E-state index is 0.0382. The van der Waals surface area contributed by atoms with Crippen LogP contribution in [-0.4, -0.2) is 45.2 Å². The minimum atomic E-state index is -1.21. The van der Waals surface area contributed by atoms with Crippen LogP contribution in [0, 0.1) is 33.5 Å². The Morgan fingerprint density at radius 3 is 2.38 bits per heavy atom. The molecule has 7 nitrogen and oxygen atoms in total. The number of benzene rings is 3. The molecular weight excluding hydrogens is 649 g/mol. The van der Waals surface area contributed by atoms with Crippen molar-refractivity contribution < 1.29 is 24.2 Å². The number of nitrogens with zero attached hydrogens (tertiary/aromatic N) is 1. The van der Waals surface area contributed by atoms with Gasteiger partial charge in [-0.1, -0.05) is 92.7 Å². The summed E-state index contributed by atoms with van der Waals surface area (Å²) in [4.78, 5) is 30.7. The third kappa shape index (κ3) is 4.64. The molecule has 1 aromatic heterocycles. The second-order valence-electron chi connectivity index (χ2n) is 16.9. The van der Waals surface area contributed by atoms with E-state index in [2.05, 4.69) is 61.7 Å². The zero-order chi connectivity index (χ0) is 35.9. The topological polar surface area (TPSA) is 103 Å². The summed E-state index contributed by atoms with van der Waals surface area (Å²) in [7, 11) is 0. The number of furan rings is 1. The Bertz CT molecular complexity index is 2100. The van der Waals surface area contributed by atoms with Crippen molar-refractivity contribution in [3.05, 3.63) is 126 Å². The van der Waals surface area contributed by atoms with Crippen LogP contribution in [0.5, 0.6) is 0 Å². The number of nitrogens with one attached hydrogen (secondary N) is 1. The molecule has 2 spiro atoms. The second kappa shape index (κ2) is 11.8. The molecular formula is C45H48N2O5. The van der Waals surface area contributed by atoms with Gasteiger partial charge in [0.15, 0.2) is 5.76 Å². The first-order chi connectivity index (χ1) is 25.0. The third-order valence-corrected chi connectivity index (χ3v) is 14.7. The normalized spacial score (nSPS) is 35.7. The number of ketones is 1. The number of carbonyl (C=O) groups excluding carboxylic acids is 2. The molecule has 7 heteroatoms. The van der Waals surface area contributed by atoms with Crippen LogP contribution in [-0.2, 0) is 6.54 Å². The molecule has 0 saturated heterocycles. The number of para-hydroxylation sites is 1. The van der Waals surface area contributed by atoms with E-state index in [-0.39, 0.29) is 35.6 Å². The van der Waals surface area contributed by atoms with E-state index in [4.69, 9.17) is 4.42 Å². The van der Waals surface area contributed by atoms with E-state index in [1.807, 2.05) is 48.5 Å². The standard InChI is InChI=1S/C45H48N2O5/c1-41-20-17-33(48)26-43(41)23-24-45(35(27-43)39(49)36-16-9-25-52-36)37(41)18-21-42(2)38(45)19-22-44(42,51)29-47(40(50)46-32-13-4-3-5-14-32)28-31-12-8-11-30-10-6-7-15-34(30)31/h3-16,23-25,27,33,37-38,48,51H,17-22,26,28-29H2,1-2H3,(H,46,50)/t33?,37-,38-,41-,42+,43+,44-,45-/m1/s1. The SMILES string of the molecule is C[C@]12CC[C@H]3[C@]4(C=C[C@@]5(C=C4C(=O)c4ccco4)CC(O)CC[C@]35C)[C@@H]1CC[C@@]2(O)CN(Cc1cccc2ccccc12)C(=O)Nc1ccccc1. The molecule has 3 fully saturated rings. The number of amides is 2. The van der Waals surface area contributed by atoms with Crippen LogP contribution < -0.4 is 5.32 Å². The van der Waals surface area contributed by atoms with E-state index in [0.717, 1.165) is 54.0 Å². The molecule has 3 saturated carbocycles. The van der Waals surface area contributed by atoms with Crippen LogP contribution in [0.4, 0.5) is 10.5 Å². The highest BCUT2D eigenvalue weighted by Gasteiger charge is 2.74. The first-order valence-corrected chi connectivity index (χ1v) is 19.0. The maximum absolute atomic E-state index is 14.6. The average molecular weight is 697 g/mol. The maximum atomic E-state index is 14.6. The number of carbonyl (C=O) groups is 2. The highest BCUT2D eigenvalue weighted by atomic mass is 16.3. The fourth-order valence-corrected chi connectivity index (χ4v) is 12.0. The molecule has 10 rings (SSSR count). The number of aliphatic hydroxyl groups excluding tert-OH is 1. The van der Waals surface area contributed by atoms with Crippen molar-refractivity contribution in [3.8, 4) is 0 Å². The zero-order valence-electron chi connectivity index (χ0n) is 30.1. The predicted molar refractivity (Wildman–Crippen MR) is 201 cm³/mol. The number of anilines is 1. The van der Waals surface area contributed by atoms with Crippen LogP contribution >= 0.6 is 0 Å². The molecule has 3 aromatic carbocycles. The van der Waals surface area contributed by atoms with Crippen LogP contribution in [0.2, 0.25) is 0 Å². The minimum Gasteiger partial charge on any atom is -0.461 e. The van der Waals surface area contributed by atoms with Crippen molar-refractivity contribution in [2.24, 2.45) is 33.5 Å². The molecule has 2 bridgehead atoms. The molecule has 6 aliphatic carbocycles. The second-order valence-corrected chi connectivity index (χ2v) is 16.9. The number of aliphatic hydroxyl groups is 2. The van der Waals surface area contributed by atoms with Gasteiger partial charge in [0.1, 0.15) is 0 Å². The van der Waals surface area contributed by atoms with Gasteiger partial charge in [-0.3, -0.25) is 4.79 Å². The van der Waals surface area contributed by atoms with Gasteiger partial charge in [0, 0.05) is 34.1 Å². The van der Waals surface area contributed by atoms with Gasteiger partial charge in [-0.15, -0.1) is 0 Å². The van der Waals surface area contributed by atoms with Gasteiger partial charge < -0.3 is 24.8 Å². The lowest BCUT2D eigenvalue weighted by molar-refractivity contribution is -0.174. The maximum Gasteiger partial charge on any atom is 0.322 e. The van der Waals surface area contributed by atoms with E-state index >= 15 is 0 Å². The molecule has 4 aromatic rings. The van der Waals surface area contributed by atoms with Gasteiger partial charge in [0.05, 0.1) is 24.5 Å². The van der Waals surface area contributed by atoms with Crippen molar-refractivity contribution in [2.75, 3.05) is 11.9 Å². The molecule has 52 heavy (non-hydrogen) atoms. The van der Waals surface area contributed by atoms with Crippen LogP contribution in [0.3, 0.4) is 0 Å². The molecule has 8 atom stereocenters. The number of urea groups is 1. The van der Waals surface area contributed by atoms with Crippen LogP contribution in [0.1, 0.15) is 74.9 Å².